The fraction of sp³-hybridized carbons (Fsp3) is 0.643. The molecule has 0 radical (unpaired) electrons. The van der Waals surface area contributed by atoms with E-state index in [1.54, 1.807) is 0 Å². The lowest BCUT2D eigenvalue weighted by Crippen LogP contribution is -2.38. The number of amides is 1. The van der Waals surface area contributed by atoms with Crippen molar-refractivity contribution in [1.29, 1.82) is 0 Å². The van der Waals surface area contributed by atoms with E-state index in [0.717, 1.165) is 30.8 Å². The third kappa shape index (κ3) is 2.85. The quantitative estimate of drug-likeness (QED) is 0.778. The van der Waals surface area contributed by atoms with E-state index in [2.05, 4.69) is 18.8 Å². The molecular formula is C14H21N3O2. The largest absolute Gasteiger partial charge is 0.335 e. The average Bonchev–Trinajstić information content (AvgIpc) is 2.72. The predicted molar refractivity (Wildman–Crippen MR) is 71.8 cm³/mol. The van der Waals surface area contributed by atoms with Crippen LogP contribution in [0.5, 0.6) is 0 Å². The van der Waals surface area contributed by atoms with Crippen molar-refractivity contribution in [3.05, 3.63) is 17.2 Å². The Kier molecular flexibility index (Phi) is 4.02. The van der Waals surface area contributed by atoms with Crippen molar-refractivity contribution in [2.45, 2.75) is 46.7 Å². The molecule has 5 nitrogen and oxygen atoms in total. The molecule has 0 spiro atoms. The van der Waals surface area contributed by atoms with Gasteiger partial charge in [-0.15, -0.1) is 0 Å². The monoisotopic (exact) mass is 263 g/mol. The summed E-state index contributed by atoms with van der Waals surface area (Å²) in [5, 5.41) is 0. The van der Waals surface area contributed by atoms with Gasteiger partial charge in [0.05, 0.1) is 12.2 Å². The van der Waals surface area contributed by atoms with Crippen LogP contribution in [0.25, 0.3) is 0 Å². The van der Waals surface area contributed by atoms with Crippen LogP contribution in [0.2, 0.25) is 0 Å². The molecule has 0 saturated carbocycles. The number of nitrogens with zero attached hydrogens (tertiary/aromatic N) is 3. The summed E-state index contributed by atoms with van der Waals surface area (Å²) >= 11 is 0. The van der Waals surface area contributed by atoms with Crippen LogP contribution in [0.3, 0.4) is 0 Å². The Bertz CT molecular complexity index is 491. The van der Waals surface area contributed by atoms with Crippen molar-refractivity contribution >= 4 is 12.2 Å². The second kappa shape index (κ2) is 5.55. The van der Waals surface area contributed by atoms with Crippen LogP contribution in [0.15, 0.2) is 0 Å². The van der Waals surface area contributed by atoms with Gasteiger partial charge in [-0.3, -0.25) is 9.59 Å². The van der Waals surface area contributed by atoms with Gasteiger partial charge in [-0.05, 0) is 19.3 Å². The minimum Gasteiger partial charge on any atom is -0.335 e. The summed E-state index contributed by atoms with van der Waals surface area (Å²) in [5.74, 6) is 1.56. The normalized spacial score (nSPS) is 14.6. The molecule has 0 atom stereocenters. The first kappa shape index (κ1) is 13.8. The molecule has 0 fully saturated rings. The zero-order chi connectivity index (χ0) is 14.0. The number of rotatable bonds is 4. The highest BCUT2D eigenvalue weighted by Gasteiger charge is 2.25. The van der Waals surface area contributed by atoms with E-state index in [-0.39, 0.29) is 5.91 Å². The molecule has 0 aliphatic carbocycles. The molecule has 0 saturated heterocycles. The van der Waals surface area contributed by atoms with Gasteiger partial charge in [0.15, 0.2) is 6.29 Å². The van der Waals surface area contributed by atoms with Crippen molar-refractivity contribution in [3.8, 4) is 0 Å². The van der Waals surface area contributed by atoms with Gasteiger partial charge in [0.1, 0.15) is 11.5 Å². The van der Waals surface area contributed by atoms with E-state index < -0.39 is 0 Å². The van der Waals surface area contributed by atoms with Crippen molar-refractivity contribution in [1.82, 2.24) is 14.5 Å². The lowest BCUT2D eigenvalue weighted by molar-refractivity contribution is -0.132. The van der Waals surface area contributed by atoms with Crippen LogP contribution in [-0.4, -0.2) is 33.2 Å². The van der Waals surface area contributed by atoms with E-state index in [9.17, 15) is 9.59 Å². The molecule has 2 rings (SSSR count). The van der Waals surface area contributed by atoms with Crippen molar-refractivity contribution in [3.63, 3.8) is 0 Å². The van der Waals surface area contributed by atoms with Crippen molar-refractivity contribution < 1.29 is 9.59 Å². The van der Waals surface area contributed by atoms with E-state index in [4.69, 9.17) is 0 Å². The predicted octanol–water partition coefficient (Wildman–Crippen LogP) is 1.78. The van der Waals surface area contributed by atoms with Gasteiger partial charge >= 0.3 is 0 Å². The third-order valence-corrected chi connectivity index (χ3v) is 3.63. The minimum atomic E-state index is 0.177. The maximum absolute atomic E-state index is 12.1. The molecule has 0 bridgehead atoms. The Labute approximate surface area is 113 Å². The summed E-state index contributed by atoms with van der Waals surface area (Å²) in [6.45, 7) is 8.08. The number of fused-ring (bicyclic) bond motifs is 1. The zero-order valence-electron chi connectivity index (χ0n) is 11.8. The van der Waals surface area contributed by atoms with E-state index in [0.29, 0.717) is 31.1 Å². The number of imidazole rings is 1. The molecule has 1 aliphatic heterocycles. The summed E-state index contributed by atoms with van der Waals surface area (Å²) in [7, 11) is 0. The Balaban J connectivity index is 2.09. The summed E-state index contributed by atoms with van der Waals surface area (Å²) in [6, 6.07) is 0. The van der Waals surface area contributed by atoms with Crippen LogP contribution in [0, 0.1) is 12.8 Å². The Morgan fingerprint density at radius 3 is 2.79 bits per heavy atom. The van der Waals surface area contributed by atoms with E-state index >= 15 is 0 Å². The molecule has 5 heteroatoms. The Hall–Kier alpha value is -1.65. The Morgan fingerprint density at radius 2 is 2.16 bits per heavy atom. The highest BCUT2D eigenvalue weighted by atomic mass is 16.2. The van der Waals surface area contributed by atoms with Crippen molar-refractivity contribution in [2.75, 3.05) is 6.54 Å². The topological polar surface area (TPSA) is 55.2 Å². The molecule has 0 N–H and O–H groups in total. The first-order valence-corrected chi connectivity index (χ1v) is 6.82. The molecule has 0 aromatic carbocycles. The van der Waals surface area contributed by atoms with Gasteiger partial charge in [0, 0.05) is 19.5 Å². The van der Waals surface area contributed by atoms with Gasteiger partial charge in [-0.2, -0.15) is 0 Å². The summed E-state index contributed by atoms with van der Waals surface area (Å²) < 4.78 is 2.04. The molecular weight excluding hydrogens is 242 g/mol. The molecule has 1 amide bonds. The molecule has 1 aromatic heterocycles. The van der Waals surface area contributed by atoms with Crippen LogP contribution in [0.1, 0.15) is 48.7 Å². The molecule has 104 valence electrons. The maximum Gasteiger partial charge on any atom is 0.222 e. The number of aldehydes is 1. The van der Waals surface area contributed by atoms with Gasteiger partial charge in [0.2, 0.25) is 5.91 Å². The molecule has 2 heterocycles. The van der Waals surface area contributed by atoms with E-state index in [1.807, 2.05) is 16.4 Å². The number of aryl methyl sites for hydroxylation is 1. The lowest BCUT2D eigenvalue weighted by atomic mass is 10.1. The first-order chi connectivity index (χ1) is 9.02. The summed E-state index contributed by atoms with van der Waals surface area (Å²) in [6.07, 6.45) is 2.27. The van der Waals surface area contributed by atoms with Crippen LogP contribution in [-0.2, 0) is 17.9 Å². The van der Waals surface area contributed by atoms with Gasteiger partial charge < -0.3 is 9.47 Å². The fourth-order valence-corrected chi connectivity index (χ4v) is 2.45. The highest BCUT2D eigenvalue weighted by Crippen LogP contribution is 2.19. The van der Waals surface area contributed by atoms with Crippen LogP contribution >= 0.6 is 0 Å². The van der Waals surface area contributed by atoms with Crippen LogP contribution < -0.4 is 0 Å². The molecule has 1 aliphatic rings. The average molecular weight is 263 g/mol. The second-order valence-electron chi connectivity index (χ2n) is 5.51. The number of carbonyl (C=O) groups excluding carboxylic acids is 2. The molecule has 0 unspecified atom stereocenters. The lowest BCUT2D eigenvalue weighted by Gasteiger charge is -2.29. The van der Waals surface area contributed by atoms with Gasteiger partial charge in [0.25, 0.3) is 0 Å². The number of aromatic nitrogens is 2. The molecule has 1 aromatic rings. The fourth-order valence-electron chi connectivity index (χ4n) is 2.45. The van der Waals surface area contributed by atoms with E-state index in [1.165, 1.54) is 0 Å². The summed E-state index contributed by atoms with van der Waals surface area (Å²) in [4.78, 5) is 29.2. The maximum atomic E-state index is 12.1. The minimum absolute atomic E-state index is 0.177. The third-order valence-electron chi connectivity index (χ3n) is 3.63. The Morgan fingerprint density at radius 1 is 1.42 bits per heavy atom. The van der Waals surface area contributed by atoms with Crippen molar-refractivity contribution in [2.24, 2.45) is 5.92 Å². The van der Waals surface area contributed by atoms with Gasteiger partial charge in [-0.25, -0.2) is 4.98 Å². The SMILES string of the molecule is Cc1nc(C=O)c2n1CCN(C(=O)CCC(C)C)C2. The highest BCUT2D eigenvalue weighted by molar-refractivity contribution is 5.78. The van der Waals surface area contributed by atoms with Crippen LogP contribution in [0.4, 0.5) is 0 Å². The first-order valence-electron chi connectivity index (χ1n) is 6.82. The smallest absolute Gasteiger partial charge is 0.222 e. The number of carbonyl (C=O) groups is 2. The standard InChI is InChI=1S/C14H21N3O2/c1-10(2)4-5-14(19)16-6-7-17-11(3)15-12(9-18)13(17)8-16/h9-10H,4-8H2,1-3H3. The molecule has 19 heavy (non-hydrogen) atoms. The number of hydrogen-bond acceptors (Lipinski definition) is 3. The zero-order valence-corrected chi connectivity index (χ0v) is 11.8. The van der Waals surface area contributed by atoms with Gasteiger partial charge in [-0.1, -0.05) is 13.8 Å². The number of hydrogen-bond donors (Lipinski definition) is 0. The second-order valence-corrected chi connectivity index (χ2v) is 5.51. The summed E-state index contributed by atoms with van der Waals surface area (Å²) in [5.41, 5.74) is 1.34.